The van der Waals surface area contributed by atoms with Gasteiger partial charge in [0.05, 0.1) is 13.2 Å². The first-order chi connectivity index (χ1) is 9.21. The van der Waals surface area contributed by atoms with Gasteiger partial charge in [0.15, 0.2) is 0 Å². The Morgan fingerprint density at radius 2 is 2.11 bits per heavy atom. The maximum Gasteiger partial charge on any atom is 0.126 e. The van der Waals surface area contributed by atoms with Crippen LogP contribution in [0.25, 0.3) is 0 Å². The first-order valence-electron chi connectivity index (χ1n) is 6.82. The third-order valence-corrected chi connectivity index (χ3v) is 2.65. The van der Waals surface area contributed by atoms with E-state index in [9.17, 15) is 0 Å². The highest BCUT2D eigenvalue weighted by atomic mass is 16.5. The van der Waals surface area contributed by atoms with Gasteiger partial charge in [-0.1, -0.05) is 13.0 Å². The molecule has 0 spiro atoms. The molecule has 1 aromatic rings. The van der Waals surface area contributed by atoms with Gasteiger partial charge < -0.3 is 19.9 Å². The van der Waals surface area contributed by atoms with Crippen molar-refractivity contribution < 1.29 is 14.2 Å². The Morgan fingerprint density at radius 3 is 2.74 bits per heavy atom. The van der Waals surface area contributed by atoms with Crippen LogP contribution in [0.4, 0.5) is 0 Å². The maximum atomic E-state index is 5.90. The summed E-state index contributed by atoms with van der Waals surface area (Å²) in [7, 11) is 1.67. The molecule has 1 atom stereocenters. The molecule has 0 saturated heterocycles. The maximum absolute atomic E-state index is 5.90. The van der Waals surface area contributed by atoms with Crippen molar-refractivity contribution >= 4 is 0 Å². The predicted molar refractivity (Wildman–Crippen MR) is 77.0 cm³/mol. The molecule has 0 aliphatic carbocycles. The Balaban J connectivity index is 2.81. The molecule has 2 N–H and O–H groups in total. The summed E-state index contributed by atoms with van der Waals surface area (Å²) in [5.41, 5.74) is 6.73. The number of nitrogens with two attached hydrogens (primary N) is 1. The third kappa shape index (κ3) is 5.49. The van der Waals surface area contributed by atoms with Gasteiger partial charge in [0.1, 0.15) is 17.6 Å². The fourth-order valence-corrected chi connectivity index (χ4v) is 1.80. The van der Waals surface area contributed by atoms with E-state index in [0.29, 0.717) is 19.8 Å². The molecule has 4 nitrogen and oxygen atoms in total. The fourth-order valence-electron chi connectivity index (χ4n) is 1.80. The highest BCUT2D eigenvalue weighted by Crippen LogP contribution is 2.26. The van der Waals surface area contributed by atoms with Gasteiger partial charge in [0.25, 0.3) is 0 Å². The van der Waals surface area contributed by atoms with Crippen LogP contribution >= 0.6 is 0 Å². The van der Waals surface area contributed by atoms with E-state index in [1.807, 2.05) is 25.1 Å². The van der Waals surface area contributed by atoms with Gasteiger partial charge >= 0.3 is 0 Å². The minimum absolute atomic E-state index is 0.00273. The molecule has 0 heterocycles. The second-order valence-corrected chi connectivity index (χ2v) is 4.54. The zero-order valence-electron chi connectivity index (χ0n) is 12.1. The summed E-state index contributed by atoms with van der Waals surface area (Å²) in [5.74, 6) is 1.67. The molecule has 0 bridgehead atoms. The summed E-state index contributed by atoms with van der Waals surface area (Å²) < 4.78 is 16.6. The number of hydrogen-bond acceptors (Lipinski definition) is 4. The van der Waals surface area contributed by atoms with Crippen molar-refractivity contribution in [3.8, 4) is 11.5 Å². The van der Waals surface area contributed by atoms with Crippen molar-refractivity contribution in [3.63, 3.8) is 0 Å². The van der Waals surface area contributed by atoms with Crippen LogP contribution < -0.4 is 15.2 Å². The number of benzene rings is 1. The molecule has 0 amide bonds. The van der Waals surface area contributed by atoms with Crippen LogP contribution in [-0.4, -0.2) is 33.0 Å². The van der Waals surface area contributed by atoms with Crippen molar-refractivity contribution in [2.75, 3.05) is 26.9 Å². The lowest BCUT2D eigenvalue weighted by molar-refractivity contribution is 0.0912. The smallest absolute Gasteiger partial charge is 0.126 e. The quantitative estimate of drug-likeness (QED) is 0.746. The lowest BCUT2D eigenvalue weighted by Crippen LogP contribution is -2.19. The lowest BCUT2D eigenvalue weighted by Gasteiger charge is -2.18. The molecule has 0 radical (unpaired) electrons. The van der Waals surface area contributed by atoms with Crippen molar-refractivity contribution in [3.05, 3.63) is 23.8 Å². The average Bonchev–Trinajstić information content (AvgIpc) is 2.39. The summed E-state index contributed by atoms with van der Waals surface area (Å²) in [6.45, 7) is 5.94. The summed E-state index contributed by atoms with van der Waals surface area (Å²) in [6.07, 6.45) is 1.78. The lowest BCUT2D eigenvalue weighted by atomic mass is 10.1. The normalized spacial score (nSPS) is 12.2. The molecular weight excluding hydrogens is 242 g/mol. The van der Waals surface area contributed by atoms with E-state index in [0.717, 1.165) is 29.9 Å². The highest BCUT2D eigenvalue weighted by Gasteiger charge is 2.10. The molecule has 0 aromatic heterocycles. The summed E-state index contributed by atoms with van der Waals surface area (Å²) >= 11 is 0. The van der Waals surface area contributed by atoms with Gasteiger partial charge in [-0.2, -0.15) is 0 Å². The molecule has 0 fully saturated rings. The van der Waals surface area contributed by atoms with Gasteiger partial charge in [-0.25, -0.2) is 0 Å². The monoisotopic (exact) mass is 267 g/mol. The minimum Gasteiger partial charge on any atom is -0.493 e. The molecule has 0 saturated carbocycles. The zero-order chi connectivity index (χ0) is 14.1. The summed E-state index contributed by atoms with van der Waals surface area (Å²) in [5, 5.41) is 0. The van der Waals surface area contributed by atoms with Crippen LogP contribution in [0.15, 0.2) is 18.2 Å². The van der Waals surface area contributed by atoms with E-state index in [2.05, 4.69) is 6.92 Å². The average molecular weight is 267 g/mol. The molecule has 4 heteroatoms. The van der Waals surface area contributed by atoms with Gasteiger partial charge in [0, 0.05) is 13.2 Å². The molecular formula is C15H25NO3. The first-order valence-corrected chi connectivity index (χ1v) is 6.82. The van der Waals surface area contributed by atoms with Crippen molar-refractivity contribution in [2.24, 2.45) is 5.73 Å². The number of methoxy groups -OCH3 is 1. The molecule has 0 aliphatic heterocycles. The van der Waals surface area contributed by atoms with E-state index in [1.165, 1.54) is 0 Å². The summed E-state index contributed by atoms with van der Waals surface area (Å²) in [6, 6.07) is 5.92. The van der Waals surface area contributed by atoms with Crippen LogP contribution in [0.5, 0.6) is 11.5 Å². The Morgan fingerprint density at radius 1 is 1.32 bits per heavy atom. The molecule has 1 unspecified atom stereocenters. The van der Waals surface area contributed by atoms with Crippen LogP contribution in [0, 0.1) is 0 Å². The highest BCUT2D eigenvalue weighted by molar-refractivity contribution is 5.41. The topological polar surface area (TPSA) is 53.7 Å². The van der Waals surface area contributed by atoms with Crippen LogP contribution in [-0.2, 0) is 11.2 Å². The SMILES string of the molecule is CCCOc1ccc(CCN)c(OC(C)COC)c1. The van der Waals surface area contributed by atoms with Crippen LogP contribution in [0.2, 0.25) is 0 Å². The number of ether oxygens (including phenoxy) is 3. The summed E-state index contributed by atoms with van der Waals surface area (Å²) in [4.78, 5) is 0. The Bertz CT molecular complexity index is 368. The van der Waals surface area contributed by atoms with Crippen LogP contribution in [0.1, 0.15) is 25.8 Å². The van der Waals surface area contributed by atoms with Gasteiger partial charge in [-0.15, -0.1) is 0 Å². The van der Waals surface area contributed by atoms with Crippen molar-refractivity contribution in [1.29, 1.82) is 0 Å². The van der Waals surface area contributed by atoms with E-state index >= 15 is 0 Å². The van der Waals surface area contributed by atoms with Crippen molar-refractivity contribution in [2.45, 2.75) is 32.8 Å². The Labute approximate surface area is 115 Å². The van der Waals surface area contributed by atoms with Gasteiger partial charge in [0.2, 0.25) is 0 Å². The Kier molecular flexibility index (Phi) is 7.30. The number of rotatable bonds is 9. The minimum atomic E-state index is 0.00273. The number of hydrogen-bond donors (Lipinski definition) is 1. The molecule has 0 aliphatic rings. The second-order valence-electron chi connectivity index (χ2n) is 4.54. The van der Waals surface area contributed by atoms with E-state index < -0.39 is 0 Å². The largest absolute Gasteiger partial charge is 0.493 e. The molecule has 19 heavy (non-hydrogen) atoms. The van der Waals surface area contributed by atoms with E-state index in [4.69, 9.17) is 19.9 Å². The first kappa shape index (κ1) is 15.8. The zero-order valence-corrected chi connectivity index (χ0v) is 12.1. The Hall–Kier alpha value is -1.26. The van der Waals surface area contributed by atoms with Gasteiger partial charge in [-0.3, -0.25) is 0 Å². The van der Waals surface area contributed by atoms with Crippen LogP contribution in [0.3, 0.4) is 0 Å². The second kappa shape index (κ2) is 8.77. The fraction of sp³-hybridized carbons (Fsp3) is 0.600. The van der Waals surface area contributed by atoms with Gasteiger partial charge in [-0.05, 0) is 37.9 Å². The predicted octanol–water partition coefficient (Wildman–Crippen LogP) is 2.39. The van der Waals surface area contributed by atoms with E-state index in [-0.39, 0.29) is 6.10 Å². The third-order valence-electron chi connectivity index (χ3n) is 2.65. The molecule has 108 valence electrons. The molecule has 1 rings (SSSR count). The van der Waals surface area contributed by atoms with E-state index in [1.54, 1.807) is 7.11 Å². The van der Waals surface area contributed by atoms with Crippen molar-refractivity contribution in [1.82, 2.24) is 0 Å². The standard InChI is InChI=1S/C15H25NO3/c1-4-9-18-14-6-5-13(7-8-16)15(10-14)19-12(2)11-17-3/h5-6,10,12H,4,7-9,11,16H2,1-3H3. The molecule has 1 aromatic carbocycles.